The van der Waals surface area contributed by atoms with Crippen molar-refractivity contribution in [2.45, 2.75) is 24.9 Å². The summed E-state index contributed by atoms with van der Waals surface area (Å²) in [5.74, 6) is -0.798. The van der Waals surface area contributed by atoms with Crippen molar-refractivity contribution in [1.82, 2.24) is 9.47 Å². The van der Waals surface area contributed by atoms with E-state index in [1.807, 2.05) is 27.7 Å². The number of nitrogens with zero attached hydrogens (tertiary/aromatic N) is 3. The van der Waals surface area contributed by atoms with Gasteiger partial charge in [-0.2, -0.15) is 0 Å². The maximum absolute atomic E-state index is 15.3. The third-order valence-corrected chi connectivity index (χ3v) is 6.38. The van der Waals surface area contributed by atoms with E-state index in [1.165, 1.54) is 17.8 Å². The van der Waals surface area contributed by atoms with Crippen molar-refractivity contribution in [3.8, 4) is 5.75 Å². The largest absolute Gasteiger partial charge is 0.511 e. The predicted octanol–water partition coefficient (Wildman–Crippen LogP) is 4.03. The van der Waals surface area contributed by atoms with Gasteiger partial charge in [0.05, 0.1) is 28.8 Å². The number of piperazine rings is 1. The average molecular weight is 437 g/mol. The lowest BCUT2D eigenvalue weighted by Crippen LogP contribution is -2.47. The number of fused-ring (bicyclic) bond motifs is 1. The lowest BCUT2D eigenvalue weighted by Gasteiger charge is -2.41. The van der Waals surface area contributed by atoms with Gasteiger partial charge in [0.1, 0.15) is 5.82 Å². The van der Waals surface area contributed by atoms with E-state index in [0.29, 0.717) is 24.3 Å². The van der Waals surface area contributed by atoms with Gasteiger partial charge in [0, 0.05) is 25.7 Å². The summed E-state index contributed by atoms with van der Waals surface area (Å²) in [6, 6.07) is 13.4. The van der Waals surface area contributed by atoms with Crippen molar-refractivity contribution >= 4 is 22.7 Å². The van der Waals surface area contributed by atoms with Crippen molar-refractivity contribution in [3.63, 3.8) is 0 Å². The molecule has 2 fully saturated rings. The van der Waals surface area contributed by atoms with E-state index in [1.54, 1.807) is 6.07 Å². The summed E-state index contributed by atoms with van der Waals surface area (Å²) in [5.41, 5.74) is 1.60. The Morgan fingerprint density at radius 3 is 2.59 bits per heavy atom. The summed E-state index contributed by atoms with van der Waals surface area (Å²) in [5, 5.41) is 9.09. The minimum Gasteiger partial charge on any atom is -0.449 e. The molecule has 0 amide bonds. The molecule has 1 N–H and O–H groups in total. The van der Waals surface area contributed by atoms with Gasteiger partial charge in [0.25, 0.3) is 0 Å². The van der Waals surface area contributed by atoms with E-state index in [9.17, 15) is 9.59 Å². The summed E-state index contributed by atoms with van der Waals surface area (Å²) >= 11 is 0. The second-order valence-electron chi connectivity index (χ2n) is 8.50. The average Bonchev–Trinajstić information content (AvgIpc) is 3.62. The number of ether oxygens (including phenoxy) is 1. The molecule has 8 heteroatoms. The number of halogens is 1. The molecule has 1 aliphatic carbocycles. The highest BCUT2D eigenvalue weighted by molar-refractivity contribution is 5.85. The fourth-order valence-corrected chi connectivity index (χ4v) is 4.53. The van der Waals surface area contributed by atoms with Crippen molar-refractivity contribution in [1.29, 1.82) is 0 Å². The van der Waals surface area contributed by atoms with Gasteiger partial charge in [0.15, 0.2) is 5.75 Å². The summed E-state index contributed by atoms with van der Waals surface area (Å²) < 4.78 is 21.8. The lowest BCUT2D eigenvalue weighted by atomic mass is 10.0. The highest BCUT2D eigenvalue weighted by Gasteiger charge is 2.30. The third-order valence-electron chi connectivity index (χ3n) is 6.38. The summed E-state index contributed by atoms with van der Waals surface area (Å²) in [6.45, 7) is 2.06. The molecule has 0 spiro atoms. The van der Waals surface area contributed by atoms with Gasteiger partial charge in [-0.1, -0.05) is 30.3 Å². The van der Waals surface area contributed by atoms with Crippen LogP contribution in [0.25, 0.3) is 10.9 Å². The quantitative estimate of drug-likeness (QED) is 0.622. The zero-order valence-electron chi connectivity index (χ0n) is 17.7. The Hall–Kier alpha value is -3.39. The molecule has 7 nitrogen and oxygen atoms in total. The highest BCUT2D eigenvalue weighted by atomic mass is 19.1. The number of aromatic nitrogens is 1. The van der Waals surface area contributed by atoms with Crippen LogP contribution in [0, 0.1) is 5.82 Å². The van der Waals surface area contributed by atoms with Gasteiger partial charge >= 0.3 is 6.16 Å². The Morgan fingerprint density at radius 1 is 1.16 bits per heavy atom. The monoisotopic (exact) mass is 437 g/mol. The Labute approximate surface area is 184 Å². The molecule has 1 aliphatic heterocycles. The van der Waals surface area contributed by atoms with Crippen LogP contribution in [0.1, 0.15) is 30.5 Å². The number of carboxylic acid groups (broad SMARTS) is 1. The number of anilines is 1. The normalized spacial score (nSPS) is 19.3. The Bertz CT molecular complexity index is 1240. The fraction of sp³-hybridized carbons (Fsp3) is 0.333. The topological polar surface area (TPSA) is 75.0 Å². The summed E-state index contributed by atoms with van der Waals surface area (Å²) in [4.78, 5) is 28.1. The van der Waals surface area contributed by atoms with Gasteiger partial charge in [-0.25, -0.2) is 9.18 Å². The smallest absolute Gasteiger partial charge is 0.449 e. The predicted molar refractivity (Wildman–Crippen MR) is 119 cm³/mol. The summed E-state index contributed by atoms with van der Waals surface area (Å²) in [7, 11) is 2.07. The molecule has 1 saturated heterocycles. The number of benzene rings is 2. The van der Waals surface area contributed by atoms with E-state index in [4.69, 9.17) is 5.11 Å². The van der Waals surface area contributed by atoms with Crippen molar-refractivity contribution in [2.75, 3.05) is 31.6 Å². The first kappa shape index (κ1) is 20.5. The number of likely N-dealkylation sites (N-methyl/N-ethyl adjacent to an activating group) is 1. The van der Waals surface area contributed by atoms with Crippen LogP contribution in [-0.2, 0) is 0 Å². The van der Waals surface area contributed by atoms with Crippen molar-refractivity contribution < 1.29 is 19.0 Å². The first-order valence-electron chi connectivity index (χ1n) is 10.7. The van der Waals surface area contributed by atoms with Gasteiger partial charge in [0.2, 0.25) is 5.43 Å². The van der Waals surface area contributed by atoms with Crippen LogP contribution in [0.5, 0.6) is 5.75 Å². The minimum absolute atomic E-state index is 0.122. The van der Waals surface area contributed by atoms with E-state index < -0.39 is 17.4 Å². The van der Waals surface area contributed by atoms with Crippen LogP contribution in [-0.4, -0.2) is 47.4 Å². The summed E-state index contributed by atoms with van der Waals surface area (Å²) in [6.07, 6.45) is 1.71. The van der Waals surface area contributed by atoms with E-state index in [0.717, 1.165) is 19.4 Å². The second kappa shape index (κ2) is 7.94. The maximum atomic E-state index is 15.3. The standard InChI is InChI=1S/C24H24FN3O4/c1-26-9-10-27(13-21(26)15-5-3-2-4-6-15)20-12-19-17(11-18(20)25)23(29)22(32-24(30)31)14-28(19)16-7-8-16/h2-6,11-12,14,16,21H,7-10,13H2,1H3,(H,30,31). The molecular formula is C24H24FN3O4. The van der Waals surface area contributed by atoms with E-state index in [-0.39, 0.29) is 23.2 Å². The molecule has 32 heavy (non-hydrogen) atoms. The minimum atomic E-state index is -1.56. The molecule has 166 valence electrons. The molecule has 0 bridgehead atoms. The second-order valence-corrected chi connectivity index (χ2v) is 8.50. The molecule has 5 rings (SSSR count). The Kier molecular flexibility index (Phi) is 5.09. The van der Waals surface area contributed by atoms with Crippen LogP contribution >= 0.6 is 0 Å². The molecule has 2 heterocycles. The molecule has 1 aromatic heterocycles. The first-order chi connectivity index (χ1) is 15.4. The van der Waals surface area contributed by atoms with Crippen LogP contribution in [0.2, 0.25) is 0 Å². The lowest BCUT2D eigenvalue weighted by molar-refractivity contribution is 0.143. The molecule has 1 saturated carbocycles. The zero-order valence-corrected chi connectivity index (χ0v) is 17.7. The van der Waals surface area contributed by atoms with E-state index in [2.05, 4.69) is 28.8 Å². The molecule has 0 radical (unpaired) electrons. The van der Waals surface area contributed by atoms with Gasteiger partial charge < -0.3 is 19.3 Å². The Balaban J connectivity index is 1.58. The number of hydrogen-bond acceptors (Lipinski definition) is 5. The number of carbonyl (C=O) groups is 1. The molecule has 1 unspecified atom stereocenters. The van der Waals surface area contributed by atoms with Crippen molar-refractivity contribution in [3.05, 3.63) is 70.3 Å². The molecule has 2 aromatic carbocycles. The number of hydrogen-bond donors (Lipinski definition) is 1. The van der Waals surface area contributed by atoms with Crippen LogP contribution in [0.15, 0.2) is 53.5 Å². The van der Waals surface area contributed by atoms with Crippen LogP contribution < -0.4 is 15.1 Å². The third kappa shape index (κ3) is 3.71. The molecule has 1 atom stereocenters. The van der Waals surface area contributed by atoms with Crippen molar-refractivity contribution in [2.24, 2.45) is 0 Å². The van der Waals surface area contributed by atoms with Gasteiger partial charge in [-0.05, 0) is 37.6 Å². The molecule has 3 aromatic rings. The number of pyridine rings is 1. The van der Waals surface area contributed by atoms with Gasteiger partial charge in [-0.3, -0.25) is 9.69 Å². The Morgan fingerprint density at radius 2 is 1.91 bits per heavy atom. The fourth-order valence-electron chi connectivity index (χ4n) is 4.53. The highest BCUT2D eigenvalue weighted by Crippen LogP contribution is 2.39. The zero-order chi connectivity index (χ0) is 22.4. The molecular weight excluding hydrogens is 413 g/mol. The van der Waals surface area contributed by atoms with Crippen LogP contribution in [0.4, 0.5) is 14.9 Å². The number of rotatable bonds is 4. The van der Waals surface area contributed by atoms with Gasteiger partial charge in [-0.15, -0.1) is 0 Å². The van der Waals surface area contributed by atoms with Crippen LogP contribution in [0.3, 0.4) is 0 Å². The van der Waals surface area contributed by atoms with E-state index >= 15 is 4.39 Å². The first-order valence-corrected chi connectivity index (χ1v) is 10.7. The SMILES string of the molecule is CN1CCN(c2cc3c(cc2F)c(=O)c(OC(=O)O)cn3C2CC2)CC1c1ccccc1. The molecule has 2 aliphatic rings. The maximum Gasteiger partial charge on any atom is 0.511 e.